The van der Waals surface area contributed by atoms with Crippen LogP contribution in [0.3, 0.4) is 0 Å². The number of aromatic nitrogens is 3. The molecule has 2 heterocycles. The zero-order valence-electron chi connectivity index (χ0n) is 6.89. The van der Waals surface area contributed by atoms with Crippen LogP contribution in [0.15, 0.2) is 36.8 Å². The van der Waals surface area contributed by atoms with Crippen LogP contribution in [0.2, 0.25) is 5.02 Å². The minimum absolute atomic E-state index is 0.649. The van der Waals surface area contributed by atoms with Crippen molar-refractivity contribution >= 4 is 11.6 Å². The Morgan fingerprint density at radius 3 is 2.92 bits per heavy atom. The summed E-state index contributed by atoms with van der Waals surface area (Å²) in [6.45, 7) is 0.660. The van der Waals surface area contributed by atoms with Crippen LogP contribution in [0, 0.1) is 0 Å². The van der Waals surface area contributed by atoms with Gasteiger partial charge in [-0.3, -0.25) is 9.67 Å². The lowest BCUT2D eigenvalue weighted by atomic mass is 10.3. The molecule has 0 aromatic carbocycles. The molecule has 3 nitrogen and oxygen atoms in total. The summed E-state index contributed by atoms with van der Waals surface area (Å²) in [5.41, 5.74) is 0.974. The van der Waals surface area contributed by atoms with Crippen molar-refractivity contribution in [3.63, 3.8) is 0 Å². The molecule has 0 aliphatic carbocycles. The molecule has 0 radical (unpaired) electrons. The van der Waals surface area contributed by atoms with E-state index < -0.39 is 0 Å². The molecule has 0 fully saturated rings. The Kier molecular flexibility index (Phi) is 2.27. The van der Waals surface area contributed by atoms with Crippen LogP contribution < -0.4 is 0 Å². The third-order valence-corrected chi connectivity index (χ3v) is 1.85. The van der Waals surface area contributed by atoms with Gasteiger partial charge in [-0.05, 0) is 12.1 Å². The summed E-state index contributed by atoms with van der Waals surface area (Å²) >= 11 is 5.72. The van der Waals surface area contributed by atoms with E-state index in [0.29, 0.717) is 11.6 Å². The van der Waals surface area contributed by atoms with E-state index >= 15 is 0 Å². The topological polar surface area (TPSA) is 30.7 Å². The highest BCUT2D eigenvalue weighted by atomic mass is 35.5. The molecule has 4 heteroatoms. The van der Waals surface area contributed by atoms with Gasteiger partial charge < -0.3 is 0 Å². The average Bonchev–Trinajstić information content (AvgIpc) is 2.53. The van der Waals surface area contributed by atoms with Gasteiger partial charge in [0.05, 0.1) is 23.5 Å². The lowest BCUT2D eigenvalue weighted by molar-refractivity contribution is 0.673. The molecule has 0 saturated carbocycles. The third kappa shape index (κ3) is 2.06. The maximum atomic E-state index is 5.72. The van der Waals surface area contributed by atoms with Gasteiger partial charge >= 0.3 is 0 Å². The standard InChI is InChI=1S/C9H8ClN3/c10-8-5-12-13(6-8)7-9-3-1-2-4-11-9/h1-6H,7H2. The van der Waals surface area contributed by atoms with Crippen LogP contribution in [-0.2, 0) is 6.54 Å². The first-order valence-corrected chi connectivity index (χ1v) is 4.30. The average molecular weight is 194 g/mol. The summed E-state index contributed by atoms with van der Waals surface area (Å²) in [5, 5.41) is 4.70. The van der Waals surface area contributed by atoms with E-state index in [1.807, 2.05) is 18.2 Å². The van der Waals surface area contributed by atoms with Crippen molar-refractivity contribution in [1.29, 1.82) is 0 Å². The van der Waals surface area contributed by atoms with Crippen LogP contribution in [-0.4, -0.2) is 14.8 Å². The van der Waals surface area contributed by atoms with Crippen molar-refractivity contribution in [2.24, 2.45) is 0 Å². The Morgan fingerprint density at radius 2 is 2.31 bits per heavy atom. The molecule has 0 N–H and O–H groups in total. The fourth-order valence-electron chi connectivity index (χ4n) is 1.08. The maximum Gasteiger partial charge on any atom is 0.0831 e. The van der Waals surface area contributed by atoms with Gasteiger partial charge in [0.1, 0.15) is 0 Å². The summed E-state index contributed by atoms with van der Waals surface area (Å²) in [6, 6.07) is 5.79. The lowest BCUT2D eigenvalue weighted by Crippen LogP contribution is -2.01. The second-order valence-electron chi connectivity index (χ2n) is 2.68. The Balaban J connectivity index is 2.15. The summed E-state index contributed by atoms with van der Waals surface area (Å²) in [6.07, 6.45) is 5.15. The maximum absolute atomic E-state index is 5.72. The highest BCUT2D eigenvalue weighted by Crippen LogP contribution is 2.06. The smallest absolute Gasteiger partial charge is 0.0831 e. The van der Waals surface area contributed by atoms with Crippen molar-refractivity contribution in [3.05, 3.63) is 47.5 Å². The molecule has 0 unspecified atom stereocenters. The summed E-state index contributed by atoms with van der Waals surface area (Å²) in [4.78, 5) is 4.18. The predicted octanol–water partition coefficient (Wildman–Crippen LogP) is 1.98. The molecule has 2 rings (SSSR count). The lowest BCUT2D eigenvalue weighted by Gasteiger charge is -1.98. The van der Waals surface area contributed by atoms with Gasteiger partial charge in [-0.1, -0.05) is 17.7 Å². The van der Waals surface area contributed by atoms with Crippen LogP contribution in [0.4, 0.5) is 0 Å². The van der Waals surface area contributed by atoms with Gasteiger partial charge in [0.25, 0.3) is 0 Å². The molecule has 0 aliphatic heterocycles. The highest BCUT2D eigenvalue weighted by Gasteiger charge is 1.96. The van der Waals surface area contributed by atoms with Crippen LogP contribution in [0.1, 0.15) is 5.69 Å². The molecule has 0 amide bonds. The summed E-state index contributed by atoms with van der Waals surface area (Å²) in [7, 11) is 0. The highest BCUT2D eigenvalue weighted by molar-refractivity contribution is 6.30. The zero-order chi connectivity index (χ0) is 9.10. The number of pyridine rings is 1. The molecule has 0 spiro atoms. The molecule has 13 heavy (non-hydrogen) atoms. The van der Waals surface area contributed by atoms with Crippen molar-refractivity contribution in [3.8, 4) is 0 Å². The Hall–Kier alpha value is -1.35. The number of halogens is 1. The van der Waals surface area contributed by atoms with E-state index in [1.54, 1.807) is 23.3 Å². The predicted molar refractivity (Wildman–Crippen MR) is 50.6 cm³/mol. The van der Waals surface area contributed by atoms with Gasteiger partial charge in [0, 0.05) is 12.4 Å². The van der Waals surface area contributed by atoms with Crippen LogP contribution >= 0.6 is 11.6 Å². The molecule has 0 atom stereocenters. The first-order valence-electron chi connectivity index (χ1n) is 3.92. The van der Waals surface area contributed by atoms with E-state index in [9.17, 15) is 0 Å². The monoisotopic (exact) mass is 193 g/mol. The van der Waals surface area contributed by atoms with Gasteiger partial charge in [-0.2, -0.15) is 5.10 Å². The fourth-order valence-corrected chi connectivity index (χ4v) is 1.24. The van der Waals surface area contributed by atoms with Gasteiger partial charge in [0.15, 0.2) is 0 Å². The number of hydrogen-bond donors (Lipinski definition) is 0. The van der Waals surface area contributed by atoms with E-state index in [2.05, 4.69) is 10.1 Å². The van der Waals surface area contributed by atoms with Gasteiger partial charge in [0.2, 0.25) is 0 Å². The molecular formula is C9H8ClN3. The Bertz CT molecular complexity index is 383. The van der Waals surface area contributed by atoms with Crippen molar-refractivity contribution in [2.75, 3.05) is 0 Å². The summed E-state index contributed by atoms with van der Waals surface area (Å²) < 4.78 is 1.75. The number of rotatable bonds is 2. The van der Waals surface area contributed by atoms with E-state index in [0.717, 1.165) is 5.69 Å². The third-order valence-electron chi connectivity index (χ3n) is 1.65. The van der Waals surface area contributed by atoms with E-state index in [1.165, 1.54) is 0 Å². The van der Waals surface area contributed by atoms with Crippen molar-refractivity contribution in [1.82, 2.24) is 14.8 Å². The minimum atomic E-state index is 0.649. The number of hydrogen-bond acceptors (Lipinski definition) is 2. The molecule has 0 saturated heterocycles. The van der Waals surface area contributed by atoms with Crippen molar-refractivity contribution in [2.45, 2.75) is 6.54 Å². The molecule has 2 aromatic heterocycles. The molecule has 66 valence electrons. The molecule has 2 aromatic rings. The second kappa shape index (κ2) is 3.58. The molecular weight excluding hydrogens is 186 g/mol. The minimum Gasteiger partial charge on any atom is -0.265 e. The van der Waals surface area contributed by atoms with Crippen LogP contribution in [0.25, 0.3) is 0 Å². The van der Waals surface area contributed by atoms with Gasteiger partial charge in [-0.15, -0.1) is 0 Å². The van der Waals surface area contributed by atoms with Crippen LogP contribution in [0.5, 0.6) is 0 Å². The van der Waals surface area contributed by atoms with Gasteiger partial charge in [-0.25, -0.2) is 0 Å². The molecule has 0 bridgehead atoms. The number of nitrogens with zero attached hydrogens (tertiary/aromatic N) is 3. The normalized spacial score (nSPS) is 10.2. The summed E-state index contributed by atoms with van der Waals surface area (Å²) in [5.74, 6) is 0. The molecule has 0 aliphatic rings. The first-order chi connectivity index (χ1) is 6.34. The van der Waals surface area contributed by atoms with E-state index in [4.69, 9.17) is 11.6 Å². The van der Waals surface area contributed by atoms with Crippen molar-refractivity contribution < 1.29 is 0 Å². The van der Waals surface area contributed by atoms with E-state index in [-0.39, 0.29) is 0 Å². The zero-order valence-corrected chi connectivity index (χ0v) is 7.65. The fraction of sp³-hybridized carbons (Fsp3) is 0.111. The SMILES string of the molecule is Clc1cnn(Cc2ccccn2)c1. The second-order valence-corrected chi connectivity index (χ2v) is 3.11. The Morgan fingerprint density at radius 1 is 1.38 bits per heavy atom. The quantitative estimate of drug-likeness (QED) is 0.730. The largest absolute Gasteiger partial charge is 0.265 e. The first kappa shape index (κ1) is 8.26. The Labute approximate surface area is 81.0 Å².